The van der Waals surface area contributed by atoms with Crippen LogP contribution in [0.4, 0.5) is 0 Å². The standard InChI is InChI=1S/C21H19N3O2/c1-25-20-8-10-21(11-9-20)26-15-19-14-24(23-22-19)13-16-6-7-17-4-2-3-5-18(17)12-16/h2-12,14H,13,15H2,1H3. The predicted octanol–water partition coefficient (Wildman–Crippen LogP) is 4.07. The zero-order chi connectivity index (χ0) is 17.8. The SMILES string of the molecule is COc1ccc(OCc2cn(Cc3ccc4ccccc4c3)nn2)cc1. The van der Waals surface area contributed by atoms with Gasteiger partial charge in [0.05, 0.1) is 19.9 Å². The summed E-state index contributed by atoms with van der Waals surface area (Å²) in [5.41, 5.74) is 1.98. The Balaban J connectivity index is 1.40. The first-order valence-electron chi connectivity index (χ1n) is 8.44. The number of rotatable bonds is 6. The number of fused-ring (bicyclic) bond motifs is 1. The Morgan fingerprint density at radius 1 is 0.885 bits per heavy atom. The maximum absolute atomic E-state index is 5.74. The van der Waals surface area contributed by atoms with Crippen LogP contribution in [-0.4, -0.2) is 22.1 Å². The van der Waals surface area contributed by atoms with E-state index in [2.05, 4.69) is 52.8 Å². The highest BCUT2D eigenvalue weighted by atomic mass is 16.5. The molecular weight excluding hydrogens is 326 g/mol. The van der Waals surface area contributed by atoms with Crippen molar-refractivity contribution in [1.29, 1.82) is 0 Å². The maximum Gasteiger partial charge on any atom is 0.134 e. The Morgan fingerprint density at radius 3 is 2.46 bits per heavy atom. The van der Waals surface area contributed by atoms with E-state index in [1.54, 1.807) is 7.11 Å². The number of hydrogen-bond acceptors (Lipinski definition) is 4. The van der Waals surface area contributed by atoms with Crippen molar-refractivity contribution >= 4 is 10.8 Å². The minimum atomic E-state index is 0.379. The van der Waals surface area contributed by atoms with E-state index >= 15 is 0 Å². The zero-order valence-electron chi connectivity index (χ0n) is 14.5. The quantitative estimate of drug-likeness (QED) is 0.529. The molecule has 4 aromatic rings. The van der Waals surface area contributed by atoms with Gasteiger partial charge in [0.1, 0.15) is 23.8 Å². The highest BCUT2D eigenvalue weighted by Crippen LogP contribution is 2.18. The van der Waals surface area contributed by atoms with Gasteiger partial charge in [-0.1, -0.05) is 41.6 Å². The van der Waals surface area contributed by atoms with E-state index < -0.39 is 0 Å². The monoisotopic (exact) mass is 345 g/mol. The van der Waals surface area contributed by atoms with Gasteiger partial charge in [0.25, 0.3) is 0 Å². The lowest BCUT2D eigenvalue weighted by Crippen LogP contribution is -2.00. The molecule has 0 spiro atoms. The highest BCUT2D eigenvalue weighted by Gasteiger charge is 2.04. The Kier molecular flexibility index (Phi) is 4.51. The molecule has 0 radical (unpaired) electrons. The van der Waals surface area contributed by atoms with Gasteiger partial charge in [-0.05, 0) is 46.7 Å². The lowest BCUT2D eigenvalue weighted by Gasteiger charge is -2.05. The van der Waals surface area contributed by atoms with Gasteiger partial charge < -0.3 is 9.47 Å². The van der Waals surface area contributed by atoms with Gasteiger partial charge in [0, 0.05) is 0 Å². The summed E-state index contributed by atoms with van der Waals surface area (Å²) in [4.78, 5) is 0. The molecule has 4 rings (SSSR count). The van der Waals surface area contributed by atoms with Crippen LogP contribution in [0.2, 0.25) is 0 Å². The van der Waals surface area contributed by atoms with Gasteiger partial charge in [0.15, 0.2) is 0 Å². The Bertz CT molecular complexity index is 1010. The molecule has 0 atom stereocenters. The molecule has 1 aromatic heterocycles. The minimum Gasteiger partial charge on any atom is -0.497 e. The van der Waals surface area contributed by atoms with Gasteiger partial charge in [0.2, 0.25) is 0 Å². The molecule has 0 aliphatic heterocycles. The van der Waals surface area contributed by atoms with Crippen molar-refractivity contribution < 1.29 is 9.47 Å². The number of ether oxygens (including phenoxy) is 2. The van der Waals surface area contributed by atoms with Crippen molar-refractivity contribution in [2.24, 2.45) is 0 Å². The molecular formula is C21H19N3O2. The molecule has 0 amide bonds. The van der Waals surface area contributed by atoms with E-state index in [-0.39, 0.29) is 0 Å². The van der Waals surface area contributed by atoms with Crippen LogP contribution in [0, 0.1) is 0 Å². The third kappa shape index (κ3) is 3.67. The second-order valence-corrected chi connectivity index (χ2v) is 6.05. The lowest BCUT2D eigenvalue weighted by molar-refractivity contribution is 0.300. The molecule has 0 fully saturated rings. The molecule has 0 N–H and O–H groups in total. The molecule has 26 heavy (non-hydrogen) atoms. The van der Waals surface area contributed by atoms with E-state index in [1.807, 2.05) is 35.1 Å². The summed E-state index contributed by atoms with van der Waals surface area (Å²) in [6.07, 6.45) is 1.92. The van der Waals surface area contributed by atoms with Crippen molar-refractivity contribution in [2.45, 2.75) is 13.2 Å². The average Bonchev–Trinajstić information content (AvgIpc) is 3.14. The lowest BCUT2D eigenvalue weighted by atomic mass is 10.1. The Labute approximate surface area is 151 Å². The van der Waals surface area contributed by atoms with Crippen molar-refractivity contribution in [1.82, 2.24) is 15.0 Å². The van der Waals surface area contributed by atoms with Crippen molar-refractivity contribution in [3.63, 3.8) is 0 Å². The summed E-state index contributed by atoms with van der Waals surface area (Å²) in [5, 5.41) is 10.9. The minimum absolute atomic E-state index is 0.379. The molecule has 0 bridgehead atoms. The van der Waals surface area contributed by atoms with E-state index in [0.29, 0.717) is 13.2 Å². The third-order valence-electron chi connectivity index (χ3n) is 4.19. The smallest absolute Gasteiger partial charge is 0.134 e. The molecule has 0 unspecified atom stereocenters. The van der Waals surface area contributed by atoms with Crippen LogP contribution in [0.15, 0.2) is 72.9 Å². The number of hydrogen-bond donors (Lipinski definition) is 0. The topological polar surface area (TPSA) is 49.2 Å². The number of aromatic nitrogens is 3. The summed E-state index contributed by atoms with van der Waals surface area (Å²) in [5.74, 6) is 1.58. The van der Waals surface area contributed by atoms with Crippen molar-refractivity contribution in [2.75, 3.05) is 7.11 Å². The van der Waals surface area contributed by atoms with Gasteiger partial charge in [-0.15, -0.1) is 5.10 Å². The molecule has 5 heteroatoms. The third-order valence-corrected chi connectivity index (χ3v) is 4.19. The van der Waals surface area contributed by atoms with E-state index in [4.69, 9.17) is 9.47 Å². The number of nitrogens with zero attached hydrogens (tertiary/aromatic N) is 3. The molecule has 1 heterocycles. The van der Waals surface area contributed by atoms with Crippen LogP contribution in [-0.2, 0) is 13.2 Å². The summed E-state index contributed by atoms with van der Waals surface area (Å²) in [6, 6.07) is 22.3. The fraction of sp³-hybridized carbons (Fsp3) is 0.143. The second kappa shape index (κ2) is 7.27. The van der Waals surface area contributed by atoms with Crippen molar-refractivity contribution in [3.05, 3.63) is 84.2 Å². The summed E-state index contributed by atoms with van der Waals surface area (Å²) in [6.45, 7) is 1.06. The largest absolute Gasteiger partial charge is 0.497 e. The average molecular weight is 345 g/mol. The van der Waals surface area contributed by atoms with Crippen molar-refractivity contribution in [3.8, 4) is 11.5 Å². The van der Waals surface area contributed by atoms with E-state index in [0.717, 1.165) is 17.2 Å². The number of methoxy groups -OCH3 is 1. The van der Waals surface area contributed by atoms with Crippen LogP contribution in [0.25, 0.3) is 10.8 Å². The fourth-order valence-electron chi connectivity index (χ4n) is 2.84. The molecule has 0 saturated heterocycles. The van der Waals surface area contributed by atoms with Gasteiger partial charge in [-0.3, -0.25) is 0 Å². The predicted molar refractivity (Wildman–Crippen MR) is 100 cm³/mol. The van der Waals surface area contributed by atoms with Crippen LogP contribution in [0.1, 0.15) is 11.3 Å². The molecule has 5 nitrogen and oxygen atoms in total. The molecule has 0 saturated carbocycles. The first-order valence-corrected chi connectivity index (χ1v) is 8.44. The van der Waals surface area contributed by atoms with Gasteiger partial charge in [-0.2, -0.15) is 0 Å². The summed E-state index contributed by atoms with van der Waals surface area (Å²) >= 11 is 0. The molecule has 0 aliphatic carbocycles. The Hall–Kier alpha value is -3.34. The second-order valence-electron chi connectivity index (χ2n) is 6.05. The van der Waals surface area contributed by atoms with Gasteiger partial charge in [-0.25, -0.2) is 4.68 Å². The van der Waals surface area contributed by atoms with Crippen LogP contribution >= 0.6 is 0 Å². The van der Waals surface area contributed by atoms with Crippen LogP contribution in [0.3, 0.4) is 0 Å². The van der Waals surface area contributed by atoms with Gasteiger partial charge >= 0.3 is 0 Å². The first-order chi connectivity index (χ1) is 12.8. The normalized spacial score (nSPS) is 10.8. The highest BCUT2D eigenvalue weighted by molar-refractivity contribution is 5.82. The molecule has 3 aromatic carbocycles. The molecule has 130 valence electrons. The zero-order valence-corrected chi connectivity index (χ0v) is 14.5. The summed E-state index contributed by atoms with van der Waals surface area (Å²) < 4.78 is 12.7. The van der Waals surface area contributed by atoms with Crippen LogP contribution < -0.4 is 9.47 Å². The Morgan fingerprint density at radius 2 is 1.65 bits per heavy atom. The first kappa shape index (κ1) is 16.1. The molecule has 0 aliphatic rings. The fourth-order valence-corrected chi connectivity index (χ4v) is 2.84. The maximum atomic E-state index is 5.74. The summed E-state index contributed by atoms with van der Waals surface area (Å²) in [7, 11) is 1.64. The van der Waals surface area contributed by atoms with E-state index in [9.17, 15) is 0 Å². The van der Waals surface area contributed by atoms with Crippen LogP contribution in [0.5, 0.6) is 11.5 Å². The number of benzene rings is 3. The van der Waals surface area contributed by atoms with E-state index in [1.165, 1.54) is 16.3 Å².